The second-order valence-electron chi connectivity index (χ2n) is 6.16. The summed E-state index contributed by atoms with van der Waals surface area (Å²) in [7, 11) is 4.48. The minimum Gasteiger partial charge on any atom is -0.494 e. The van der Waals surface area contributed by atoms with Gasteiger partial charge in [0, 0.05) is 19.7 Å². The zero-order chi connectivity index (χ0) is 21.4. The van der Waals surface area contributed by atoms with E-state index >= 15 is 0 Å². The van der Waals surface area contributed by atoms with E-state index < -0.39 is 11.7 Å². The lowest BCUT2D eigenvalue weighted by Crippen LogP contribution is -2.24. The number of likely N-dealkylation sites (N-methyl/N-ethyl adjacent to an activating group) is 1. The predicted molar refractivity (Wildman–Crippen MR) is 106 cm³/mol. The van der Waals surface area contributed by atoms with Crippen LogP contribution in [0, 0.1) is 5.82 Å². The fraction of sp³-hybridized carbons (Fsp3) is 0.238. The molecule has 8 heteroatoms. The fourth-order valence-corrected chi connectivity index (χ4v) is 2.51. The van der Waals surface area contributed by atoms with Gasteiger partial charge in [-0.1, -0.05) is 12.1 Å². The van der Waals surface area contributed by atoms with E-state index in [-0.39, 0.29) is 24.8 Å². The fourth-order valence-electron chi connectivity index (χ4n) is 2.51. The normalized spacial score (nSPS) is 10.6. The molecule has 0 saturated heterocycles. The number of carbonyl (C=O) groups is 2. The van der Waals surface area contributed by atoms with E-state index in [2.05, 4.69) is 0 Å². The Morgan fingerprint density at radius 1 is 1.07 bits per heavy atom. The molecular formula is C21H23FN2O5. The van der Waals surface area contributed by atoms with Crippen molar-refractivity contribution in [3.8, 4) is 17.2 Å². The zero-order valence-electron chi connectivity index (χ0n) is 16.5. The summed E-state index contributed by atoms with van der Waals surface area (Å²) in [5.74, 6) is -0.404. The van der Waals surface area contributed by atoms with E-state index in [1.807, 2.05) is 0 Å². The minimum absolute atomic E-state index is 0.153. The molecule has 0 radical (unpaired) electrons. The Morgan fingerprint density at radius 3 is 2.38 bits per heavy atom. The molecule has 0 unspecified atom stereocenters. The van der Waals surface area contributed by atoms with Crippen molar-refractivity contribution in [2.75, 3.05) is 27.9 Å². The van der Waals surface area contributed by atoms with Gasteiger partial charge in [0.25, 0.3) is 5.91 Å². The maximum absolute atomic E-state index is 13.8. The predicted octanol–water partition coefficient (Wildman–Crippen LogP) is 2.38. The third-order valence-corrected chi connectivity index (χ3v) is 3.99. The molecule has 7 nitrogen and oxygen atoms in total. The number of halogens is 1. The van der Waals surface area contributed by atoms with E-state index in [1.165, 1.54) is 37.3 Å². The molecule has 0 heterocycles. The number of ether oxygens (including phenoxy) is 3. The van der Waals surface area contributed by atoms with Crippen LogP contribution in [0.5, 0.6) is 17.2 Å². The summed E-state index contributed by atoms with van der Waals surface area (Å²) < 4.78 is 29.2. The average Bonchev–Trinajstić information content (AvgIpc) is 2.70. The number of rotatable bonds is 9. The van der Waals surface area contributed by atoms with Crippen molar-refractivity contribution < 1.29 is 28.2 Å². The first-order valence-electron chi connectivity index (χ1n) is 8.68. The van der Waals surface area contributed by atoms with Gasteiger partial charge in [-0.3, -0.25) is 9.59 Å². The number of benzene rings is 2. The summed E-state index contributed by atoms with van der Waals surface area (Å²) in [6.07, 6.45) is 3.02. The van der Waals surface area contributed by atoms with Gasteiger partial charge in [0.05, 0.1) is 14.2 Å². The van der Waals surface area contributed by atoms with Gasteiger partial charge in [0.1, 0.15) is 0 Å². The molecule has 2 aromatic rings. The van der Waals surface area contributed by atoms with Gasteiger partial charge < -0.3 is 24.8 Å². The smallest absolute Gasteiger partial charge is 0.255 e. The number of amides is 2. The number of carbonyl (C=O) groups excluding carboxylic acids is 2. The molecule has 0 aliphatic heterocycles. The molecule has 0 atom stereocenters. The van der Waals surface area contributed by atoms with Gasteiger partial charge in [0.15, 0.2) is 29.7 Å². The van der Waals surface area contributed by atoms with Crippen molar-refractivity contribution in [3.63, 3.8) is 0 Å². The van der Waals surface area contributed by atoms with Gasteiger partial charge >= 0.3 is 0 Å². The second kappa shape index (κ2) is 10.1. The number of hydrogen-bond acceptors (Lipinski definition) is 5. The van der Waals surface area contributed by atoms with Crippen LogP contribution in [0.1, 0.15) is 11.1 Å². The maximum atomic E-state index is 13.8. The SMILES string of the molecule is COc1ccc(CN(C)C(=O)/C=C/c2ccc(OCC(N)=O)c(OC)c2)cc1F. The Bertz CT molecular complexity index is 914. The highest BCUT2D eigenvalue weighted by Crippen LogP contribution is 2.28. The summed E-state index contributed by atoms with van der Waals surface area (Å²) in [5.41, 5.74) is 6.41. The van der Waals surface area contributed by atoms with Crippen LogP contribution in [0.25, 0.3) is 6.08 Å². The van der Waals surface area contributed by atoms with Crippen molar-refractivity contribution >= 4 is 17.9 Å². The number of methoxy groups -OCH3 is 2. The van der Waals surface area contributed by atoms with Crippen LogP contribution < -0.4 is 19.9 Å². The Morgan fingerprint density at radius 2 is 1.76 bits per heavy atom. The standard InChI is InChI=1S/C21H23FN2O5/c1-24(12-15-5-7-17(27-2)16(22)10-15)21(26)9-6-14-4-8-18(19(11-14)28-3)29-13-20(23)25/h4-11H,12-13H2,1-3H3,(H2,23,25)/b9-6+. The monoisotopic (exact) mass is 402 g/mol. The topological polar surface area (TPSA) is 91.1 Å². The molecule has 0 bridgehead atoms. The van der Waals surface area contributed by atoms with Crippen molar-refractivity contribution in [3.05, 3.63) is 59.4 Å². The highest BCUT2D eigenvalue weighted by Gasteiger charge is 2.10. The molecule has 0 aliphatic rings. The lowest BCUT2D eigenvalue weighted by atomic mass is 10.1. The molecule has 29 heavy (non-hydrogen) atoms. The van der Waals surface area contributed by atoms with Crippen LogP contribution in [-0.2, 0) is 16.1 Å². The molecule has 2 N–H and O–H groups in total. The first-order chi connectivity index (χ1) is 13.8. The zero-order valence-corrected chi connectivity index (χ0v) is 16.5. The van der Waals surface area contributed by atoms with Gasteiger partial charge in [0.2, 0.25) is 5.91 Å². The number of primary amides is 1. The summed E-state index contributed by atoms with van der Waals surface area (Å²) in [4.78, 5) is 24.6. The Balaban J connectivity index is 2.03. The van der Waals surface area contributed by atoms with Crippen molar-refractivity contribution in [1.82, 2.24) is 4.90 Å². The number of nitrogens with two attached hydrogens (primary N) is 1. The van der Waals surface area contributed by atoms with E-state index in [4.69, 9.17) is 19.9 Å². The van der Waals surface area contributed by atoms with E-state index in [9.17, 15) is 14.0 Å². The van der Waals surface area contributed by atoms with Crippen LogP contribution >= 0.6 is 0 Å². The minimum atomic E-state index is -0.596. The van der Waals surface area contributed by atoms with Crippen LogP contribution in [0.2, 0.25) is 0 Å². The molecule has 0 saturated carbocycles. The molecular weight excluding hydrogens is 379 g/mol. The summed E-state index contributed by atoms with van der Waals surface area (Å²) in [6.45, 7) is -0.0198. The first kappa shape index (κ1) is 21.7. The summed E-state index contributed by atoms with van der Waals surface area (Å²) >= 11 is 0. The number of hydrogen-bond donors (Lipinski definition) is 1. The number of nitrogens with zero attached hydrogens (tertiary/aromatic N) is 1. The molecule has 0 spiro atoms. The molecule has 0 fully saturated rings. The second-order valence-corrected chi connectivity index (χ2v) is 6.16. The van der Waals surface area contributed by atoms with E-state index in [1.54, 1.807) is 37.4 Å². The average molecular weight is 402 g/mol. The molecule has 154 valence electrons. The Hall–Kier alpha value is -3.55. The van der Waals surface area contributed by atoms with Crippen LogP contribution in [0.15, 0.2) is 42.5 Å². The largest absolute Gasteiger partial charge is 0.494 e. The van der Waals surface area contributed by atoms with Crippen molar-refractivity contribution in [1.29, 1.82) is 0 Å². The molecule has 2 amide bonds. The first-order valence-corrected chi connectivity index (χ1v) is 8.68. The highest BCUT2D eigenvalue weighted by molar-refractivity contribution is 5.91. The van der Waals surface area contributed by atoms with Crippen LogP contribution in [0.4, 0.5) is 4.39 Å². The third kappa shape index (κ3) is 6.24. The lowest BCUT2D eigenvalue weighted by molar-refractivity contribution is -0.125. The quantitative estimate of drug-likeness (QED) is 0.651. The van der Waals surface area contributed by atoms with E-state index in [0.29, 0.717) is 22.6 Å². The van der Waals surface area contributed by atoms with Crippen molar-refractivity contribution in [2.45, 2.75) is 6.54 Å². The van der Waals surface area contributed by atoms with E-state index in [0.717, 1.165) is 0 Å². The molecule has 0 aliphatic carbocycles. The summed E-state index contributed by atoms with van der Waals surface area (Å²) in [6, 6.07) is 9.55. The van der Waals surface area contributed by atoms with Gasteiger partial charge in [-0.2, -0.15) is 0 Å². The maximum Gasteiger partial charge on any atom is 0.255 e. The lowest BCUT2D eigenvalue weighted by Gasteiger charge is -2.16. The van der Waals surface area contributed by atoms with Crippen molar-refractivity contribution in [2.24, 2.45) is 5.73 Å². The molecule has 2 aromatic carbocycles. The van der Waals surface area contributed by atoms with Gasteiger partial charge in [-0.25, -0.2) is 4.39 Å². The Labute approximate surface area is 168 Å². The van der Waals surface area contributed by atoms with Gasteiger partial charge in [-0.05, 0) is 41.5 Å². The van der Waals surface area contributed by atoms with Crippen LogP contribution in [-0.4, -0.2) is 44.6 Å². The molecule has 2 rings (SSSR count). The van der Waals surface area contributed by atoms with Gasteiger partial charge in [-0.15, -0.1) is 0 Å². The Kier molecular flexibility index (Phi) is 7.59. The third-order valence-electron chi connectivity index (χ3n) is 3.99. The van der Waals surface area contributed by atoms with Crippen LogP contribution in [0.3, 0.4) is 0 Å². The highest BCUT2D eigenvalue weighted by atomic mass is 19.1. The molecule has 0 aromatic heterocycles. The summed E-state index contributed by atoms with van der Waals surface area (Å²) in [5, 5.41) is 0.